The number of rotatable bonds is 3. The standard InChI is InChI=1S/C6H8O5.Na.H/c1-2-11-6(10)4(3-7)5(8)9;;/h3,7H,2H2,1H3,(H,8,9);;. The van der Waals surface area contributed by atoms with Crippen molar-refractivity contribution in [1.29, 1.82) is 0 Å². The molecule has 0 aliphatic carbocycles. The van der Waals surface area contributed by atoms with Crippen LogP contribution in [0.4, 0.5) is 0 Å². The van der Waals surface area contributed by atoms with Crippen LogP contribution in [0, 0.1) is 0 Å². The molecule has 0 aliphatic heterocycles. The SMILES string of the molecule is CCOC(=O)C(=CO)C(=O)O.[NaH]. The molecule has 0 aromatic rings. The van der Waals surface area contributed by atoms with Gasteiger partial charge < -0.3 is 14.9 Å². The first-order chi connectivity index (χ1) is 5.13. The van der Waals surface area contributed by atoms with Gasteiger partial charge in [0.25, 0.3) is 0 Å². The summed E-state index contributed by atoms with van der Waals surface area (Å²) in [6.45, 7) is 1.61. The minimum absolute atomic E-state index is 0. The van der Waals surface area contributed by atoms with Gasteiger partial charge in [-0.2, -0.15) is 0 Å². The summed E-state index contributed by atoms with van der Waals surface area (Å²) in [4.78, 5) is 20.7. The second-order valence-electron chi connectivity index (χ2n) is 1.57. The van der Waals surface area contributed by atoms with Crippen LogP contribution in [-0.4, -0.2) is 58.3 Å². The van der Waals surface area contributed by atoms with E-state index in [2.05, 4.69) is 4.74 Å². The maximum atomic E-state index is 10.6. The number of hydrogen-bond acceptors (Lipinski definition) is 4. The van der Waals surface area contributed by atoms with E-state index in [1.54, 1.807) is 0 Å². The molecule has 0 saturated carbocycles. The Kier molecular flexibility index (Phi) is 8.36. The molecule has 6 heteroatoms. The van der Waals surface area contributed by atoms with Crippen LogP contribution in [0.5, 0.6) is 0 Å². The molecule has 0 amide bonds. The summed E-state index contributed by atoms with van der Waals surface area (Å²) in [5.74, 6) is -2.55. The second-order valence-corrected chi connectivity index (χ2v) is 1.57. The summed E-state index contributed by atoms with van der Waals surface area (Å²) < 4.78 is 4.31. The Morgan fingerprint density at radius 2 is 2.00 bits per heavy atom. The zero-order valence-electron chi connectivity index (χ0n) is 5.90. The summed E-state index contributed by atoms with van der Waals surface area (Å²) >= 11 is 0. The van der Waals surface area contributed by atoms with E-state index in [0.29, 0.717) is 0 Å². The Morgan fingerprint density at radius 3 is 2.25 bits per heavy atom. The zero-order chi connectivity index (χ0) is 8.85. The average Bonchev–Trinajstić information content (AvgIpc) is 1.88. The molecule has 0 aliphatic rings. The van der Waals surface area contributed by atoms with Gasteiger partial charge in [0.05, 0.1) is 6.61 Å². The van der Waals surface area contributed by atoms with Gasteiger partial charge >= 0.3 is 41.5 Å². The van der Waals surface area contributed by atoms with Gasteiger partial charge in [-0.15, -0.1) is 0 Å². The molecule has 0 spiro atoms. The first-order valence-electron chi connectivity index (χ1n) is 2.88. The van der Waals surface area contributed by atoms with Gasteiger partial charge in [-0.3, -0.25) is 0 Å². The number of carbonyl (C=O) groups is 2. The van der Waals surface area contributed by atoms with Crippen LogP contribution < -0.4 is 0 Å². The van der Waals surface area contributed by atoms with Gasteiger partial charge in [-0.05, 0) is 6.92 Å². The van der Waals surface area contributed by atoms with E-state index < -0.39 is 17.5 Å². The molecule has 0 unspecified atom stereocenters. The third kappa shape index (κ3) is 4.38. The number of carboxylic acid groups (broad SMARTS) is 1. The average molecular weight is 184 g/mol. The van der Waals surface area contributed by atoms with Gasteiger partial charge in [0.1, 0.15) is 6.26 Å². The molecule has 0 fully saturated rings. The summed E-state index contributed by atoms with van der Waals surface area (Å²) in [7, 11) is 0. The third-order valence-corrected chi connectivity index (χ3v) is 0.855. The number of aliphatic hydroxyl groups is 1. The molecule has 0 aromatic heterocycles. The number of carboxylic acids is 1. The Hall–Kier alpha value is -0.520. The first-order valence-corrected chi connectivity index (χ1v) is 2.88. The fraction of sp³-hybridized carbons (Fsp3) is 0.333. The Morgan fingerprint density at radius 1 is 1.50 bits per heavy atom. The molecule has 2 N–H and O–H groups in total. The molecule has 0 bridgehead atoms. The molecule has 12 heavy (non-hydrogen) atoms. The maximum absolute atomic E-state index is 10.6. The van der Waals surface area contributed by atoms with E-state index in [-0.39, 0.29) is 42.4 Å². The predicted molar refractivity (Wildman–Crippen MR) is 42.1 cm³/mol. The van der Waals surface area contributed by atoms with Crippen LogP contribution in [0.3, 0.4) is 0 Å². The van der Waals surface area contributed by atoms with E-state index in [4.69, 9.17) is 10.2 Å². The fourth-order valence-electron chi connectivity index (χ4n) is 0.404. The number of esters is 1. The van der Waals surface area contributed by atoms with Crippen molar-refractivity contribution in [2.24, 2.45) is 0 Å². The topological polar surface area (TPSA) is 83.8 Å². The predicted octanol–water partition coefficient (Wildman–Crippen LogP) is -0.573. The van der Waals surface area contributed by atoms with Crippen LogP contribution >= 0.6 is 0 Å². The van der Waals surface area contributed by atoms with E-state index in [1.165, 1.54) is 6.92 Å². The van der Waals surface area contributed by atoms with Crippen molar-refractivity contribution < 1.29 is 24.5 Å². The number of aliphatic carboxylic acids is 1. The van der Waals surface area contributed by atoms with Crippen LogP contribution in [0.1, 0.15) is 6.92 Å². The van der Waals surface area contributed by atoms with Crippen LogP contribution in [0.15, 0.2) is 11.8 Å². The molecule has 0 saturated heterocycles. The number of aliphatic hydroxyl groups excluding tert-OH is 1. The molecular weight excluding hydrogens is 175 g/mol. The van der Waals surface area contributed by atoms with E-state index in [1.807, 2.05) is 0 Å². The Labute approximate surface area is 91.3 Å². The van der Waals surface area contributed by atoms with Crippen molar-refractivity contribution in [3.8, 4) is 0 Å². The summed E-state index contributed by atoms with van der Waals surface area (Å²) in [5.41, 5.74) is -0.771. The quantitative estimate of drug-likeness (QED) is 0.153. The van der Waals surface area contributed by atoms with Gasteiger partial charge in [0.2, 0.25) is 0 Å². The van der Waals surface area contributed by atoms with Crippen molar-refractivity contribution in [1.82, 2.24) is 0 Å². The van der Waals surface area contributed by atoms with Gasteiger partial charge in [0, 0.05) is 0 Å². The monoisotopic (exact) mass is 184 g/mol. The van der Waals surface area contributed by atoms with Crippen molar-refractivity contribution >= 4 is 41.5 Å². The van der Waals surface area contributed by atoms with Crippen LogP contribution in [0.2, 0.25) is 0 Å². The number of hydrogen-bond donors (Lipinski definition) is 2. The van der Waals surface area contributed by atoms with Gasteiger partial charge in [-0.1, -0.05) is 0 Å². The van der Waals surface area contributed by atoms with E-state index in [0.717, 1.165) is 0 Å². The van der Waals surface area contributed by atoms with Crippen molar-refractivity contribution in [2.45, 2.75) is 6.92 Å². The Bertz CT molecular complexity index is 198. The first kappa shape index (κ1) is 14.0. The number of ether oxygens (including phenoxy) is 1. The molecule has 0 radical (unpaired) electrons. The number of carbonyl (C=O) groups excluding carboxylic acids is 1. The molecule has 0 heterocycles. The van der Waals surface area contributed by atoms with E-state index in [9.17, 15) is 9.59 Å². The normalized spacial score (nSPS) is 9.92. The van der Waals surface area contributed by atoms with Gasteiger partial charge in [-0.25, -0.2) is 9.59 Å². The minimum atomic E-state index is -1.51. The van der Waals surface area contributed by atoms with Crippen molar-refractivity contribution in [3.05, 3.63) is 11.8 Å². The Balaban J connectivity index is 0. The summed E-state index contributed by atoms with van der Waals surface area (Å²) in [6.07, 6.45) is 0.209. The second kappa shape index (κ2) is 7.15. The van der Waals surface area contributed by atoms with Gasteiger partial charge in [0.15, 0.2) is 5.57 Å². The summed E-state index contributed by atoms with van der Waals surface area (Å²) in [6, 6.07) is 0. The molecule has 0 aromatic carbocycles. The van der Waals surface area contributed by atoms with Crippen LogP contribution in [-0.2, 0) is 14.3 Å². The molecule has 5 nitrogen and oxygen atoms in total. The van der Waals surface area contributed by atoms with Crippen molar-refractivity contribution in [2.75, 3.05) is 6.61 Å². The molecule has 0 rings (SSSR count). The molecular formula is C6H9NaO5. The molecule has 0 atom stereocenters. The van der Waals surface area contributed by atoms with Crippen molar-refractivity contribution in [3.63, 3.8) is 0 Å². The fourth-order valence-corrected chi connectivity index (χ4v) is 0.404. The summed E-state index contributed by atoms with van der Waals surface area (Å²) in [5, 5.41) is 16.5. The zero-order valence-corrected chi connectivity index (χ0v) is 5.90. The molecule has 64 valence electrons. The van der Waals surface area contributed by atoms with E-state index >= 15 is 0 Å². The third-order valence-electron chi connectivity index (χ3n) is 0.855. The van der Waals surface area contributed by atoms with Crippen LogP contribution in [0.25, 0.3) is 0 Å².